The van der Waals surface area contributed by atoms with Gasteiger partial charge in [-0.2, -0.15) is 0 Å². The van der Waals surface area contributed by atoms with Crippen molar-refractivity contribution in [3.05, 3.63) is 105 Å². The number of likely N-dealkylation sites (N-methyl/N-ethyl adjacent to an activating group) is 6. The lowest BCUT2D eigenvalue weighted by Gasteiger charge is -2.45. The molecule has 0 spiro atoms. The first kappa shape index (κ1) is 80.0. The number of hydrogen-bond acceptors (Lipinski definition) is 12. The predicted octanol–water partition coefficient (Wildman–Crippen LogP) is 4.75. The fourth-order valence-corrected chi connectivity index (χ4v) is 13.4. The van der Waals surface area contributed by atoms with E-state index in [1.807, 2.05) is 77.9 Å². The third kappa shape index (κ3) is 20.8. The minimum Gasteiger partial charge on any atom is -0.342 e. The molecule has 3 saturated heterocycles. The average Bonchev–Trinajstić information content (AvgIpc) is 0.785. The van der Waals surface area contributed by atoms with E-state index in [9.17, 15) is 33.6 Å². The molecular weight excluding hydrogens is 1380 g/mol. The largest absolute Gasteiger partial charge is 0.342 e. The van der Waals surface area contributed by atoms with Crippen molar-refractivity contribution in [2.24, 2.45) is 17.8 Å². The monoisotopic (exact) mass is 1480 g/mol. The molecule has 0 radical (unpaired) electrons. The van der Waals surface area contributed by atoms with Crippen LogP contribution in [0.4, 0.5) is 0 Å². The molecule has 0 bridgehead atoms. The molecule has 99 heavy (non-hydrogen) atoms. The number of fused-ring (bicyclic) bond motifs is 1. The molecular formula is C74H107IN12O12. The van der Waals surface area contributed by atoms with E-state index in [-0.39, 0.29) is 56.9 Å². The number of aryl methyl sites for hydroxylation is 1. The summed E-state index contributed by atoms with van der Waals surface area (Å²) in [5.41, 5.74) is 1.23. The molecule has 24 nitrogen and oxygen atoms in total. The molecule has 0 aromatic heterocycles. The number of carbonyl (C=O) groups excluding carboxylic acids is 12. The summed E-state index contributed by atoms with van der Waals surface area (Å²) >= 11 is 2.14. The van der Waals surface area contributed by atoms with Gasteiger partial charge in [0.1, 0.15) is 59.9 Å². The quantitative estimate of drug-likeness (QED) is 0.169. The highest BCUT2D eigenvalue weighted by Crippen LogP contribution is 2.27. The lowest BCUT2D eigenvalue weighted by atomic mass is 9.94. The van der Waals surface area contributed by atoms with Gasteiger partial charge in [0.05, 0.1) is 13.0 Å². The zero-order valence-corrected chi connectivity index (χ0v) is 63.1. The lowest BCUT2D eigenvalue weighted by Crippen LogP contribution is -2.65. The normalized spacial score (nSPS) is 25.2. The number of hydrogen-bond donors (Lipinski definition) is 4. The number of likely N-dealkylation sites (tertiary alicyclic amines) is 1. The van der Waals surface area contributed by atoms with Crippen LogP contribution in [-0.2, 0) is 76.8 Å². The Hall–Kier alpha value is -7.97. The van der Waals surface area contributed by atoms with Gasteiger partial charge in [0.15, 0.2) is 0 Å². The van der Waals surface area contributed by atoms with Crippen LogP contribution in [0.2, 0.25) is 0 Å². The summed E-state index contributed by atoms with van der Waals surface area (Å²) in [6.45, 7) is 17.9. The van der Waals surface area contributed by atoms with Crippen molar-refractivity contribution in [2.75, 3.05) is 68.5 Å². The van der Waals surface area contributed by atoms with Gasteiger partial charge in [0.2, 0.25) is 70.9 Å². The molecule has 3 aromatic carbocycles. The summed E-state index contributed by atoms with van der Waals surface area (Å²) in [6, 6.07) is 12.4. The molecule has 0 saturated carbocycles. The number of carbonyl (C=O) groups is 12. The summed E-state index contributed by atoms with van der Waals surface area (Å²) in [4.78, 5) is 190. The minimum absolute atomic E-state index is 0.0145. The molecule has 3 aromatic rings. The molecule has 542 valence electrons. The van der Waals surface area contributed by atoms with Crippen LogP contribution in [0, 0.1) is 28.2 Å². The standard InChI is InChI=1S/C74H107IN12O12/c1-17-48(7)63-72(98)81(12)49(8)66(92)87-36-33-57(87)70(96)84(15)59(42-51-31-29-47(6)30-32-51)69(95)80(11)44-61(88)76-54(41-52-27-24-28-53(75)39-52)64(90)77-56(40-50-25-20-18-21-26-50)68(94)85(16)74(9,10)73(99)78-55(37-45(2)3)67(93)83(14)60(71(97)86-34-22-19-23-35-86)43-62(89)82(13)58(38-46(4)5)65(91)79-63/h18,20-21,24-32,39,45-46,48-49,54-60,63H,17,19,22-23,33-38,40-44H2,1-16H3,(H,76,88)(H,77,90)(H,78,99)(H,79,91)/t48-,49-,54-,55-,56-,57-,58-,59-,60-,63-/m0/s1. The van der Waals surface area contributed by atoms with E-state index in [4.69, 9.17) is 0 Å². The summed E-state index contributed by atoms with van der Waals surface area (Å²) in [5.74, 6) is -8.68. The molecule has 4 N–H and O–H groups in total. The van der Waals surface area contributed by atoms with E-state index >= 15 is 24.0 Å². The van der Waals surface area contributed by atoms with E-state index in [1.165, 1.54) is 97.4 Å². The molecule has 12 amide bonds. The third-order valence-electron chi connectivity index (χ3n) is 20.0. The number of benzene rings is 3. The van der Waals surface area contributed by atoms with Gasteiger partial charge in [-0.3, -0.25) is 57.5 Å². The molecule has 6 rings (SSSR count). The van der Waals surface area contributed by atoms with E-state index in [2.05, 4.69) is 43.9 Å². The highest BCUT2D eigenvalue weighted by molar-refractivity contribution is 14.1. The Morgan fingerprint density at radius 2 is 1.18 bits per heavy atom. The van der Waals surface area contributed by atoms with Crippen molar-refractivity contribution in [2.45, 2.75) is 200 Å². The molecule has 3 aliphatic rings. The predicted molar refractivity (Wildman–Crippen MR) is 386 cm³/mol. The first-order chi connectivity index (χ1) is 46.6. The van der Waals surface area contributed by atoms with Crippen LogP contribution >= 0.6 is 22.6 Å². The average molecular weight is 1480 g/mol. The number of nitrogens with zero attached hydrogens (tertiary/aromatic N) is 8. The highest BCUT2D eigenvalue weighted by Gasteiger charge is 2.47. The smallest absolute Gasteiger partial charge is 0.246 e. The summed E-state index contributed by atoms with van der Waals surface area (Å²) in [7, 11) is 8.59. The fourth-order valence-electron chi connectivity index (χ4n) is 12.8. The number of halogens is 1. The molecule has 3 aliphatic heterocycles. The highest BCUT2D eigenvalue weighted by atomic mass is 127. The first-order valence-electron chi connectivity index (χ1n) is 34.8. The second kappa shape index (κ2) is 35.9. The lowest BCUT2D eigenvalue weighted by molar-refractivity contribution is -0.160. The van der Waals surface area contributed by atoms with Crippen LogP contribution in [0.5, 0.6) is 0 Å². The van der Waals surface area contributed by atoms with Crippen molar-refractivity contribution >= 4 is 93.5 Å². The van der Waals surface area contributed by atoms with Crippen molar-refractivity contribution in [1.29, 1.82) is 0 Å². The minimum atomic E-state index is -1.74. The zero-order chi connectivity index (χ0) is 73.5. The van der Waals surface area contributed by atoms with E-state index in [0.29, 0.717) is 49.0 Å². The van der Waals surface area contributed by atoms with Crippen molar-refractivity contribution in [1.82, 2.24) is 60.5 Å². The number of rotatable bonds is 13. The van der Waals surface area contributed by atoms with Crippen LogP contribution in [0.25, 0.3) is 0 Å². The Kier molecular flexibility index (Phi) is 29.0. The Morgan fingerprint density at radius 1 is 0.576 bits per heavy atom. The summed E-state index contributed by atoms with van der Waals surface area (Å²) in [5, 5.41) is 11.6. The first-order valence-corrected chi connectivity index (χ1v) is 35.9. The molecule has 3 heterocycles. The molecule has 25 heteroatoms. The Morgan fingerprint density at radius 3 is 1.77 bits per heavy atom. The fraction of sp³-hybridized carbons (Fsp3) is 0.595. The molecule has 0 aliphatic carbocycles. The molecule has 3 fully saturated rings. The van der Waals surface area contributed by atoms with Gasteiger partial charge in [-0.25, -0.2) is 0 Å². The van der Waals surface area contributed by atoms with Gasteiger partial charge in [-0.15, -0.1) is 0 Å². The molecule has 0 unspecified atom stereocenters. The van der Waals surface area contributed by atoms with Gasteiger partial charge >= 0.3 is 0 Å². The SMILES string of the molecule is CC[C@H](C)[C@@H]1NC(=O)[C@H](CC(C)C)N(C)C(=O)C[C@@H](C(=O)N2CCCCC2)N(C)C(=O)[C@H](CC(C)C)NC(=O)C(C)(C)N(C)C(=O)[C@H](Cc2ccccc2)NC(=O)[C@H](Cc2cccc(I)c2)NC(=O)CN(C)C(=O)[C@H](Cc2ccc(C)cc2)N(C)C(=O)[C@@H]2CCN2C(=O)[C@H](C)N(C)C1=O. The van der Waals surface area contributed by atoms with Crippen molar-refractivity contribution in [3.63, 3.8) is 0 Å². The van der Waals surface area contributed by atoms with Crippen LogP contribution in [0.1, 0.15) is 136 Å². The maximum atomic E-state index is 15.3. The maximum Gasteiger partial charge on any atom is 0.246 e. The molecule has 10 atom stereocenters. The van der Waals surface area contributed by atoms with Crippen LogP contribution in [0.3, 0.4) is 0 Å². The van der Waals surface area contributed by atoms with Gasteiger partial charge in [0, 0.05) is 84.8 Å². The number of piperidine rings is 1. The van der Waals surface area contributed by atoms with E-state index in [0.717, 1.165) is 15.6 Å². The third-order valence-corrected chi connectivity index (χ3v) is 20.6. The van der Waals surface area contributed by atoms with Gasteiger partial charge in [0.25, 0.3) is 0 Å². The second-order valence-electron chi connectivity index (χ2n) is 28.7. The van der Waals surface area contributed by atoms with Crippen LogP contribution < -0.4 is 21.3 Å². The second-order valence-corrected chi connectivity index (χ2v) is 29.9. The van der Waals surface area contributed by atoms with Gasteiger partial charge in [-0.1, -0.05) is 120 Å². The zero-order valence-electron chi connectivity index (χ0n) is 60.9. The van der Waals surface area contributed by atoms with E-state index < -0.39 is 150 Å². The Balaban J connectivity index is 1.46. The van der Waals surface area contributed by atoms with Gasteiger partial charge in [-0.05, 0) is 135 Å². The summed E-state index contributed by atoms with van der Waals surface area (Å²) in [6.07, 6.45) is 2.45. The van der Waals surface area contributed by atoms with Gasteiger partial charge < -0.3 is 60.5 Å². The maximum absolute atomic E-state index is 15.3. The number of amides is 12. The Bertz CT molecular complexity index is 3380. The van der Waals surface area contributed by atoms with E-state index in [1.54, 1.807) is 54.3 Å². The van der Waals surface area contributed by atoms with Crippen molar-refractivity contribution < 1.29 is 57.5 Å². The topological polar surface area (TPSA) is 279 Å². The summed E-state index contributed by atoms with van der Waals surface area (Å²) < 4.78 is 0.843. The number of nitrogens with one attached hydrogen (secondary N) is 4. The van der Waals surface area contributed by atoms with Crippen LogP contribution in [0.15, 0.2) is 78.9 Å². The Labute approximate surface area is 598 Å². The van der Waals surface area contributed by atoms with Crippen LogP contribution in [-0.4, -0.2) is 238 Å². The van der Waals surface area contributed by atoms with Crippen molar-refractivity contribution in [3.8, 4) is 0 Å².